The molecule has 7 heteroatoms. The maximum Gasteiger partial charge on any atom is 0.240 e. The van der Waals surface area contributed by atoms with Gasteiger partial charge in [0.05, 0.1) is 11.2 Å². The van der Waals surface area contributed by atoms with Crippen LogP contribution in [0.1, 0.15) is 6.92 Å². The number of rotatable bonds is 5. The minimum absolute atomic E-state index is 0.171. The van der Waals surface area contributed by atoms with Gasteiger partial charge >= 0.3 is 0 Å². The minimum Gasteiger partial charge on any atom is -0.399 e. The number of hydrogen-bond acceptors (Lipinski definition) is 4. The van der Waals surface area contributed by atoms with Gasteiger partial charge in [0, 0.05) is 30.7 Å². The average molecular weight is 280 g/mol. The molecule has 102 valence electrons. The third-order valence-corrected chi connectivity index (χ3v) is 4.16. The molecule has 0 spiro atoms. The minimum atomic E-state index is -3.55. The van der Waals surface area contributed by atoms with Gasteiger partial charge in [-0.25, -0.2) is 18.1 Å². The molecule has 0 amide bonds. The molecule has 0 radical (unpaired) electrons. The largest absolute Gasteiger partial charge is 0.399 e. The molecule has 3 N–H and O–H groups in total. The lowest BCUT2D eigenvalue weighted by Gasteiger charge is -2.14. The van der Waals surface area contributed by atoms with Crippen LogP contribution in [0.2, 0.25) is 0 Å². The van der Waals surface area contributed by atoms with E-state index in [1.807, 2.05) is 4.57 Å². The number of imidazole rings is 1. The number of anilines is 1. The van der Waals surface area contributed by atoms with Crippen molar-refractivity contribution in [3.05, 3.63) is 43.0 Å². The van der Waals surface area contributed by atoms with Crippen LogP contribution in [0.5, 0.6) is 0 Å². The molecule has 2 aromatic rings. The van der Waals surface area contributed by atoms with Gasteiger partial charge in [-0.1, -0.05) is 6.07 Å². The summed E-state index contributed by atoms with van der Waals surface area (Å²) < 4.78 is 28.7. The molecule has 1 aromatic heterocycles. The molecule has 0 saturated carbocycles. The number of nitrogen functional groups attached to an aromatic ring is 1. The number of nitrogens with one attached hydrogen (secondary N) is 1. The van der Waals surface area contributed by atoms with E-state index in [9.17, 15) is 8.42 Å². The lowest BCUT2D eigenvalue weighted by atomic mass is 10.3. The second-order valence-corrected chi connectivity index (χ2v) is 6.07. The zero-order valence-corrected chi connectivity index (χ0v) is 11.3. The van der Waals surface area contributed by atoms with E-state index in [0.29, 0.717) is 12.2 Å². The summed E-state index contributed by atoms with van der Waals surface area (Å²) in [6, 6.07) is 5.97. The summed E-state index contributed by atoms with van der Waals surface area (Å²) in [5, 5.41) is 0. The van der Waals surface area contributed by atoms with Gasteiger partial charge in [0.15, 0.2) is 0 Å². The van der Waals surface area contributed by atoms with Crippen LogP contribution in [0, 0.1) is 0 Å². The van der Waals surface area contributed by atoms with E-state index in [1.54, 1.807) is 37.8 Å². The Balaban J connectivity index is 2.09. The Morgan fingerprint density at radius 1 is 1.47 bits per heavy atom. The zero-order chi connectivity index (χ0) is 13.9. The van der Waals surface area contributed by atoms with Crippen molar-refractivity contribution in [1.82, 2.24) is 14.3 Å². The number of aromatic nitrogens is 2. The highest BCUT2D eigenvalue weighted by Crippen LogP contribution is 2.13. The number of sulfonamides is 1. The van der Waals surface area contributed by atoms with Crippen molar-refractivity contribution in [3.8, 4) is 0 Å². The summed E-state index contributed by atoms with van der Waals surface area (Å²) in [6.07, 6.45) is 5.08. The number of benzene rings is 1. The van der Waals surface area contributed by atoms with Crippen LogP contribution >= 0.6 is 0 Å². The van der Waals surface area contributed by atoms with Crippen LogP contribution in [-0.4, -0.2) is 24.0 Å². The first kappa shape index (κ1) is 13.6. The Hall–Kier alpha value is -1.86. The van der Waals surface area contributed by atoms with Gasteiger partial charge in [-0.15, -0.1) is 0 Å². The molecule has 0 aliphatic rings. The summed E-state index contributed by atoms with van der Waals surface area (Å²) in [7, 11) is -3.55. The predicted molar refractivity (Wildman–Crippen MR) is 72.9 cm³/mol. The van der Waals surface area contributed by atoms with Gasteiger partial charge in [-0.05, 0) is 25.1 Å². The first-order valence-electron chi connectivity index (χ1n) is 5.81. The normalized spacial score (nSPS) is 13.3. The molecule has 6 nitrogen and oxygen atoms in total. The van der Waals surface area contributed by atoms with Crippen LogP contribution < -0.4 is 10.5 Å². The van der Waals surface area contributed by atoms with Crippen LogP contribution in [0.15, 0.2) is 47.9 Å². The molecule has 1 aromatic carbocycles. The average Bonchev–Trinajstić information content (AvgIpc) is 2.81. The molecule has 1 atom stereocenters. The van der Waals surface area contributed by atoms with Crippen LogP contribution in [0.25, 0.3) is 0 Å². The summed E-state index contributed by atoms with van der Waals surface area (Å²) >= 11 is 0. The molecular weight excluding hydrogens is 264 g/mol. The SMILES string of the molecule is CC(Cn1ccnc1)NS(=O)(=O)c1cccc(N)c1. The van der Waals surface area contributed by atoms with E-state index in [1.165, 1.54) is 12.1 Å². The number of hydrogen-bond donors (Lipinski definition) is 2. The summed E-state index contributed by atoms with van der Waals surface area (Å²) in [5.74, 6) is 0. The Bertz CT molecular complexity index is 638. The highest BCUT2D eigenvalue weighted by atomic mass is 32.2. The van der Waals surface area contributed by atoms with E-state index >= 15 is 0 Å². The second-order valence-electron chi connectivity index (χ2n) is 4.35. The molecule has 1 heterocycles. The Morgan fingerprint density at radius 2 is 2.26 bits per heavy atom. The van der Waals surface area contributed by atoms with Crippen molar-refractivity contribution < 1.29 is 8.42 Å². The first-order valence-corrected chi connectivity index (χ1v) is 7.29. The maximum atomic E-state index is 12.1. The molecule has 0 aliphatic carbocycles. The van der Waals surface area contributed by atoms with Gasteiger partial charge in [0.2, 0.25) is 10.0 Å². The topological polar surface area (TPSA) is 90.0 Å². The Morgan fingerprint density at radius 3 is 2.89 bits per heavy atom. The maximum absolute atomic E-state index is 12.1. The molecule has 0 fully saturated rings. The molecule has 1 unspecified atom stereocenters. The standard InChI is InChI=1S/C12H16N4O2S/c1-10(8-16-6-5-14-9-16)15-19(17,18)12-4-2-3-11(13)7-12/h2-7,9-10,15H,8,13H2,1H3. The number of nitrogens with two attached hydrogens (primary N) is 1. The van der Waals surface area contributed by atoms with E-state index in [-0.39, 0.29) is 10.9 Å². The van der Waals surface area contributed by atoms with Gasteiger partial charge in [-0.2, -0.15) is 0 Å². The molecule has 19 heavy (non-hydrogen) atoms. The van der Waals surface area contributed by atoms with Crippen molar-refractivity contribution in [2.45, 2.75) is 24.4 Å². The zero-order valence-electron chi connectivity index (χ0n) is 10.5. The van der Waals surface area contributed by atoms with Gasteiger partial charge in [0.25, 0.3) is 0 Å². The first-order chi connectivity index (χ1) is 8.97. The van der Waals surface area contributed by atoms with E-state index < -0.39 is 10.0 Å². The fraction of sp³-hybridized carbons (Fsp3) is 0.250. The lowest BCUT2D eigenvalue weighted by molar-refractivity contribution is 0.520. The van der Waals surface area contributed by atoms with E-state index in [4.69, 9.17) is 5.73 Å². The van der Waals surface area contributed by atoms with Gasteiger partial charge in [-0.3, -0.25) is 0 Å². The van der Waals surface area contributed by atoms with Gasteiger partial charge in [0.1, 0.15) is 0 Å². The molecule has 0 bridgehead atoms. The van der Waals surface area contributed by atoms with Crippen LogP contribution in [0.4, 0.5) is 5.69 Å². The quantitative estimate of drug-likeness (QED) is 0.794. The molecular formula is C12H16N4O2S. The monoisotopic (exact) mass is 280 g/mol. The van der Waals surface area contributed by atoms with Crippen molar-refractivity contribution in [2.24, 2.45) is 0 Å². The third-order valence-electron chi connectivity index (χ3n) is 2.57. The fourth-order valence-corrected chi connectivity index (χ4v) is 3.05. The van der Waals surface area contributed by atoms with Crippen LogP contribution in [0.3, 0.4) is 0 Å². The smallest absolute Gasteiger partial charge is 0.240 e. The molecule has 0 saturated heterocycles. The fourth-order valence-electron chi connectivity index (χ4n) is 1.76. The van der Waals surface area contributed by atoms with Crippen molar-refractivity contribution in [2.75, 3.05) is 5.73 Å². The van der Waals surface area contributed by atoms with Crippen molar-refractivity contribution >= 4 is 15.7 Å². The summed E-state index contributed by atoms with van der Waals surface area (Å²) in [5.41, 5.74) is 6.01. The molecule has 2 rings (SSSR count). The van der Waals surface area contributed by atoms with Crippen molar-refractivity contribution in [3.63, 3.8) is 0 Å². The van der Waals surface area contributed by atoms with Crippen LogP contribution in [-0.2, 0) is 16.6 Å². The highest BCUT2D eigenvalue weighted by molar-refractivity contribution is 7.89. The number of nitrogens with zero attached hydrogens (tertiary/aromatic N) is 2. The van der Waals surface area contributed by atoms with E-state index in [0.717, 1.165) is 0 Å². The summed E-state index contributed by atoms with van der Waals surface area (Å²) in [4.78, 5) is 4.08. The van der Waals surface area contributed by atoms with Gasteiger partial charge < -0.3 is 10.3 Å². The second kappa shape index (κ2) is 5.41. The third kappa shape index (κ3) is 3.55. The Kier molecular flexibility index (Phi) is 3.87. The Labute approximate surface area is 112 Å². The molecule has 0 aliphatic heterocycles. The van der Waals surface area contributed by atoms with Crippen molar-refractivity contribution in [1.29, 1.82) is 0 Å². The summed E-state index contributed by atoms with van der Waals surface area (Å²) in [6.45, 7) is 2.31. The lowest BCUT2D eigenvalue weighted by Crippen LogP contribution is -2.35. The predicted octanol–water partition coefficient (Wildman–Crippen LogP) is 0.832. The highest BCUT2D eigenvalue weighted by Gasteiger charge is 2.17. The van der Waals surface area contributed by atoms with E-state index in [2.05, 4.69) is 9.71 Å².